The topological polar surface area (TPSA) is 364 Å². The van der Waals surface area contributed by atoms with E-state index in [4.69, 9.17) is 56.8 Å². The van der Waals surface area contributed by atoms with Crippen molar-refractivity contribution in [3.8, 4) is 0 Å². The molecule has 112 heavy (non-hydrogen) atoms. The molecular weight excluding hydrogens is 1450 g/mol. The minimum absolute atomic E-state index is 0. The lowest BCUT2D eigenvalue weighted by molar-refractivity contribution is -0.139. The van der Waals surface area contributed by atoms with Crippen LogP contribution < -0.4 is 21.3 Å². The number of alkyl carbamates (subject to hydrolysis) is 4. The molecule has 0 radical (unpaired) electrons. The number of rotatable bonds is 28. The SMILES string of the molecule is C.C.C.C.C.C.C.C.C=C(C)C(=O)OCCNC(=O)OCOC(=O)c1ccc2ccccc2c1.C=C(C)C(=O)OCCNC(=O)OCOC(=O)c1ccc2ccccc2c1.C=C(C)C(=O)OCCNC(=O)OCOC(=O)c1ccc2ccccc2c1.C=C(C)C(=O)OCCNC(=O)OCOC(=O)c1ccc2ccccc2c1. The number of carbonyl (C=O) groups excluding carboxylic acids is 12. The first-order valence-corrected chi connectivity index (χ1v) is 31.5. The van der Waals surface area contributed by atoms with Gasteiger partial charge < -0.3 is 78.1 Å². The Morgan fingerprint density at radius 3 is 0.580 bits per heavy atom. The van der Waals surface area contributed by atoms with Crippen molar-refractivity contribution in [2.24, 2.45) is 0 Å². The highest BCUT2D eigenvalue weighted by molar-refractivity contribution is 5.98. The zero-order valence-electron chi connectivity index (χ0n) is 57.3. The number of ether oxygens (including phenoxy) is 12. The molecule has 8 aromatic carbocycles. The van der Waals surface area contributed by atoms with Crippen molar-refractivity contribution in [1.82, 2.24) is 21.3 Å². The molecule has 0 fully saturated rings. The Balaban J connectivity index is -0.000000678. The number of nitrogens with one attached hydrogen (secondary N) is 4. The molecule has 0 unspecified atom stereocenters. The maximum Gasteiger partial charge on any atom is 0.410 e. The summed E-state index contributed by atoms with van der Waals surface area (Å²) in [5.74, 6) is -4.54. The van der Waals surface area contributed by atoms with Gasteiger partial charge in [-0.05, 0) is 119 Å². The standard InChI is InChI=1S/4C19H19NO6.8CH4/c4*1-13(2)17(21)24-10-9-20-19(23)26-12-25-18(22)16-8-7-14-5-3-4-6-15(14)11-16;;;;;;;;/h4*3-8,11H,1,9-10,12H2,2H3,(H,20,23);8*1H4. The summed E-state index contributed by atoms with van der Waals surface area (Å²) in [5.41, 5.74) is 2.53. The van der Waals surface area contributed by atoms with E-state index in [2.05, 4.69) is 47.6 Å². The van der Waals surface area contributed by atoms with Crippen molar-refractivity contribution in [3.05, 3.63) is 241 Å². The number of benzene rings is 8. The van der Waals surface area contributed by atoms with Crippen LogP contribution in [0.5, 0.6) is 0 Å². The molecule has 0 saturated carbocycles. The summed E-state index contributed by atoms with van der Waals surface area (Å²) in [6.07, 6.45) is -3.16. The monoisotopic (exact) mass is 1560 g/mol. The molecule has 0 bridgehead atoms. The van der Waals surface area contributed by atoms with E-state index < -0.39 is 99.3 Å². The number of carbonyl (C=O) groups is 12. The molecule has 0 aromatic heterocycles. The van der Waals surface area contributed by atoms with Crippen LogP contribution in [0.15, 0.2) is 218 Å². The van der Waals surface area contributed by atoms with E-state index in [-0.39, 0.29) is 134 Å². The van der Waals surface area contributed by atoms with E-state index >= 15 is 0 Å². The predicted octanol–water partition coefficient (Wildman–Crippen LogP) is 16.3. The van der Waals surface area contributed by atoms with E-state index in [9.17, 15) is 57.5 Å². The number of fused-ring (bicyclic) bond motifs is 4. The van der Waals surface area contributed by atoms with Crippen LogP contribution >= 0.6 is 0 Å². The molecule has 0 heterocycles. The zero-order chi connectivity index (χ0) is 75.8. The van der Waals surface area contributed by atoms with Gasteiger partial charge >= 0.3 is 72.1 Å². The van der Waals surface area contributed by atoms with Gasteiger partial charge in [-0.1, -0.05) is 207 Å². The van der Waals surface area contributed by atoms with Gasteiger partial charge in [0.2, 0.25) is 27.2 Å². The second-order valence-electron chi connectivity index (χ2n) is 21.5. The van der Waals surface area contributed by atoms with E-state index in [1.807, 2.05) is 121 Å². The molecule has 28 heteroatoms. The van der Waals surface area contributed by atoms with Crippen LogP contribution in [-0.2, 0) is 76.0 Å². The van der Waals surface area contributed by atoms with Gasteiger partial charge in [0.05, 0.1) is 48.4 Å². The van der Waals surface area contributed by atoms with E-state index in [0.29, 0.717) is 22.3 Å². The largest absolute Gasteiger partial charge is 0.460 e. The van der Waals surface area contributed by atoms with Crippen LogP contribution in [0, 0.1) is 0 Å². The van der Waals surface area contributed by atoms with Crippen LogP contribution in [0.1, 0.15) is 129 Å². The van der Waals surface area contributed by atoms with Crippen molar-refractivity contribution in [3.63, 3.8) is 0 Å². The molecule has 28 nitrogen and oxygen atoms in total. The maximum absolute atomic E-state index is 12.0. The molecule has 0 saturated heterocycles. The van der Waals surface area contributed by atoms with Crippen molar-refractivity contribution in [2.45, 2.75) is 87.1 Å². The molecule has 0 atom stereocenters. The van der Waals surface area contributed by atoms with E-state index in [0.717, 1.165) is 43.1 Å². The van der Waals surface area contributed by atoms with Crippen molar-refractivity contribution in [2.75, 3.05) is 79.8 Å². The van der Waals surface area contributed by atoms with Gasteiger partial charge in [-0.2, -0.15) is 0 Å². The van der Waals surface area contributed by atoms with Crippen LogP contribution in [0.4, 0.5) is 19.2 Å². The fraction of sp³-hybridized carbons (Fsp3) is 0.286. The molecule has 0 aliphatic rings. The highest BCUT2D eigenvalue weighted by atomic mass is 16.7. The number of hydrogen-bond donors (Lipinski definition) is 4. The van der Waals surface area contributed by atoms with Gasteiger partial charge in [0.25, 0.3) is 0 Å². The molecule has 0 aliphatic heterocycles. The smallest absolute Gasteiger partial charge is 0.410 e. The lowest BCUT2D eigenvalue weighted by atomic mass is 10.1. The van der Waals surface area contributed by atoms with Gasteiger partial charge in [0, 0.05) is 22.3 Å². The third-order valence-electron chi connectivity index (χ3n) is 13.3. The molecule has 0 spiro atoms. The second-order valence-corrected chi connectivity index (χ2v) is 21.5. The first kappa shape index (κ1) is 105. The Labute approximate surface area is 655 Å². The summed E-state index contributed by atoms with van der Waals surface area (Å²) >= 11 is 0. The Bertz CT molecular complexity index is 3880. The third-order valence-corrected chi connectivity index (χ3v) is 13.3. The van der Waals surface area contributed by atoms with Crippen molar-refractivity contribution in [1.29, 1.82) is 0 Å². The molecule has 4 N–H and O–H groups in total. The predicted molar refractivity (Wildman–Crippen MR) is 432 cm³/mol. The first-order valence-electron chi connectivity index (χ1n) is 31.5. The average Bonchev–Trinajstić information content (AvgIpc) is 0.854. The number of amides is 4. The fourth-order valence-corrected chi connectivity index (χ4v) is 8.03. The summed E-state index contributed by atoms with van der Waals surface area (Å²) in [5, 5.41) is 17.1. The lowest BCUT2D eigenvalue weighted by Crippen LogP contribution is -2.29. The molecular formula is C84H108N4O24. The normalized spacial score (nSPS) is 9.32. The van der Waals surface area contributed by atoms with E-state index in [1.165, 1.54) is 27.7 Å². The van der Waals surface area contributed by atoms with Crippen molar-refractivity contribution < 1.29 is 114 Å². The third kappa shape index (κ3) is 38.9. The Morgan fingerprint density at radius 2 is 0.411 bits per heavy atom. The summed E-state index contributed by atoms with van der Waals surface area (Å²) in [6, 6.07) is 51.0. The van der Waals surface area contributed by atoms with Gasteiger partial charge in [-0.3, -0.25) is 0 Å². The van der Waals surface area contributed by atoms with Crippen LogP contribution in [0.25, 0.3) is 43.1 Å². The van der Waals surface area contributed by atoms with Crippen molar-refractivity contribution >= 4 is 115 Å². The molecule has 608 valence electrons. The van der Waals surface area contributed by atoms with Crippen LogP contribution in [0.2, 0.25) is 0 Å². The Hall–Kier alpha value is -13.4. The quantitative estimate of drug-likeness (QED) is 0.0116. The zero-order valence-corrected chi connectivity index (χ0v) is 57.3. The summed E-state index contributed by atoms with van der Waals surface area (Å²) in [7, 11) is 0. The number of esters is 8. The molecule has 0 aliphatic carbocycles. The van der Waals surface area contributed by atoms with Crippen LogP contribution in [-0.4, -0.2) is 152 Å². The summed E-state index contributed by atoms with van der Waals surface area (Å²) in [4.78, 5) is 138. The Kier molecular flexibility index (Phi) is 53.2. The molecule has 8 rings (SSSR count). The van der Waals surface area contributed by atoms with Gasteiger partial charge in [-0.15, -0.1) is 0 Å². The maximum atomic E-state index is 12.0. The van der Waals surface area contributed by atoms with E-state index in [1.54, 1.807) is 48.5 Å². The fourth-order valence-electron chi connectivity index (χ4n) is 8.03. The second kappa shape index (κ2) is 56.8. The van der Waals surface area contributed by atoms with Gasteiger partial charge in [-0.25, -0.2) is 57.5 Å². The summed E-state index contributed by atoms with van der Waals surface area (Å²) < 4.78 is 57.7. The molecule has 8 aromatic rings. The first-order chi connectivity index (χ1) is 49.9. The lowest BCUT2D eigenvalue weighted by Gasteiger charge is -2.08. The minimum atomic E-state index is -0.789. The minimum Gasteiger partial charge on any atom is -0.460 e. The highest BCUT2D eigenvalue weighted by Crippen LogP contribution is 2.20. The Morgan fingerprint density at radius 1 is 0.241 bits per heavy atom. The molecule has 4 amide bonds. The summed E-state index contributed by atoms with van der Waals surface area (Å²) in [6.45, 7) is 17.9. The van der Waals surface area contributed by atoms with Crippen LogP contribution in [0.3, 0.4) is 0 Å². The highest BCUT2D eigenvalue weighted by Gasteiger charge is 2.16. The van der Waals surface area contributed by atoms with Gasteiger partial charge in [0.15, 0.2) is 0 Å². The average molecular weight is 1560 g/mol. The number of hydrogen-bond acceptors (Lipinski definition) is 24. The van der Waals surface area contributed by atoms with Gasteiger partial charge in [0.1, 0.15) is 26.4 Å².